The molecule has 1 aromatic carbocycles. The Bertz CT molecular complexity index is 945. The highest BCUT2D eigenvalue weighted by atomic mass is 35.5. The smallest absolute Gasteiger partial charge is 0.279 e. The first-order valence-corrected chi connectivity index (χ1v) is 9.97. The number of carbonyl (C=O) groups excluding carboxylic acids is 1. The van der Waals surface area contributed by atoms with Crippen molar-refractivity contribution in [2.24, 2.45) is 0 Å². The summed E-state index contributed by atoms with van der Waals surface area (Å²) in [5, 5.41) is 31.9. The first kappa shape index (κ1) is 20.8. The Kier molecular flexibility index (Phi) is 6.86. The number of anilines is 1. The molecule has 1 unspecified atom stereocenters. The Morgan fingerprint density at radius 3 is 2.76 bits per heavy atom. The van der Waals surface area contributed by atoms with Crippen molar-refractivity contribution >= 4 is 28.8 Å². The zero-order valence-electron chi connectivity index (χ0n) is 16.3. The molecule has 0 radical (unpaired) electrons. The van der Waals surface area contributed by atoms with Crippen LogP contribution in [-0.4, -0.2) is 45.9 Å². The molecule has 1 aromatic heterocycles. The van der Waals surface area contributed by atoms with Crippen LogP contribution in [0.15, 0.2) is 30.0 Å². The number of hydrogen-bond donors (Lipinski definition) is 3. The van der Waals surface area contributed by atoms with Crippen LogP contribution in [0.2, 0.25) is 5.02 Å². The average molecular weight is 416 g/mol. The van der Waals surface area contributed by atoms with E-state index in [-0.39, 0.29) is 30.3 Å². The van der Waals surface area contributed by atoms with E-state index in [1.165, 1.54) is 0 Å². The van der Waals surface area contributed by atoms with Crippen molar-refractivity contribution in [2.75, 3.05) is 25.5 Å². The molecule has 2 aromatic rings. The van der Waals surface area contributed by atoms with Crippen molar-refractivity contribution in [2.45, 2.75) is 32.2 Å². The maximum Gasteiger partial charge on any atom is 0.279 e. The molecule has 1 aliphatic rings. The molecule has 2 heterocycles. The van der Waals surface area contributed by atoms with Crippen LogP contribution in [0.1, 0.15) is 30.9 Å². The SMILES string of the molecule is C[NH+](CC(=O)Nc1ccc(Cl)cc1)C/C(O)=C(\C#N)c1nnc2n1CCCCC2. The van der Waals surface area contributed by atoms with E-state index >= 15 is 0 Å². The molecule has 0 aliphatic carbocycles. The predicted molar refractivity (Wildman–Crippen MR) is 109 cm³/mol. The first-order valence-electron chi connectivity index (χ1n) is 9.59. The zero-order valence-corrected chi connectivity index (χ0v) is 17.0. The van der Waals surface area contributed by atoms with Gasteiger partial charge < -0.3 is 19.9 Å². The number of likely N-dealkylation sites (N-methyl/N-ethyl adjacent to an activating group) is 1. The summed E-state index contributed by atoms with van der Waals surface area (Å²) in [6.07, 6.45) is 3.97. The third-order valence-electron chi connectivity index (χ3n) is 4.79. The standard InChI is InChI=1S/C20H23ClN6O2/c1-26(13-19(29)23-15-8-6-14(21)7-9-15)12-17(28)16(11-22)20-25-24-18-5-3-2-4-10-27(18)20/h6-9,28H,2-5,10,12-13H2,1H3,(H,23,29)/p+1/b17-16-. The molecular formula is C20H24ClN6O2+. The number of rotatable bonds is 6. The van der Waals surface area contributed by atoms with Gasteiger partial charge in [0.15, 0.2) is 18.1 Å². The van der Waals surface area contributed by atoms with Gasteiger partial charge in [0.25, 0.3) is 5.91 Å². The Morgan fingerprint density at radius 2 is 2.03 bits per heavy atom. The van der Waals surface area contributed by atoms with Gasteiger partial charge in [0.2, 0.25) is 0 Å². The second-order valence-electron chi connectivity index (χ2n) is 7.20. The van der Waals surface area contributed by atoms with Crippen molar-refractivity contribution in [3.05, 3.63) is 46.7 Å². The monoisotopic (exact) mass is 415 g/mol. The van der Waals surface area contributed by atoms with Gasteiger partial charge in [0.05, 0.1) is 7.05 Å². The number of fused-ring (bicyclic) bond motifs is 1. The van der Waals surface area contributed by atoms with Crippen LogP contribution in [0.4, 0.5) is 5.69 Å². The van der Waals surface area contributed by atoms with Gasteiger partial charge in [-0.15, -0.1) is 10.2 Å². The van der Waals surface area contributed by atoms with E-state index < -0.39 is 0 Å². The number of quaternary nitrogens is 1. The van der Waals surface area contributed by atoms with E-state index in [1.807, 2.05) is 4.57 Å². The highest BCUT2D eigenvalue weighted by molar-refractivity contribution is 6.30. The first-order chi connectivity index (χ1) is 14.0. The summed E-state index contributed by atoms with van der Waals surface area (Å²) in [4.78, 5) is 13.0. The number of aromatic nitrogens is 3. The van der Waals surface area contributed by atoms with Crippen LogP contribution in [0.25, 0.3) is 5.57 Å². The summed E-state index contributed by atoms with van der Waals surface area (Å²) < 4.78 is 1.92. The fourth-order valence-corrected chi connectivity index (χ4v) is 3.49. The molecule has 9 heteroatoms. The van der Waals surface area contributed by atoms with Gasteiger partial charge in [0.1, 0.15) is 24.0 Å². The molecule has 0 bridgehead atoms. The van der Waals surface area contributed by atoms with Crippen molar-refractivity contribution < 1.29 is 14.8 Å². The van der Waals surface area contributed by atoms with Crippen LogP contribution in [-0.2, 0) is 17.8 Å². The average Bonchev–Trinajstić information content (AvgIpc) is 2.92. The maximum atomic E-state index is 12.2. The van der Waals surface area contributed by atoms with E-state index in [0.29, 0.717) is 16.5 Å². The third-order valence-corrected chi connectivity index (χ3v) is 5.04. The van der Waals surface area contributed by atoms with Crippen LogP contribution in [0.3, 0.4) is 0 Å². The largest absolute Gasteiger partial charge is 0.506 e. The molecule has 3 N–H and O–H groups in total. The number of aliphatic hydroxyl groups is 1. The van der Waals surface area contributed by atoms with Crippen LogP contribution < -0.4 is 10.2 Å². The molecular weight excluding hydrogens is 392 g/mol. The summed E-state index contributed by atoms with van der Waals surface area (Å²) in [6.45, 7) is 0.991. The van der Waals surface area contributed by atoms with E-state index in [9.17, 15) is 15.2 Å². The van der Waals surface area contributed by atoms with Gasteiger partial charge in [-0.05, 0) is 37.1 Å². The van der Waals surface area contributed by atoms with E-state index in [4.69, 9.17) is 11.6 Å². The van der Waals surface area contributed by atoms with Gasteiger partial charge in [-0.25, -0.2) is 0 Å². The van der Waals surface area contributed by atoms with Gasteiger partial charge in [-0.3, -0.25) is 4.79 Å². The summed E-state index contributed by atoms with van der Waals surface area (Å²) in [6, 6.07) is 8.89. The molecule has 3 rings (SSSR count). The number of halogens is 1. The number of hydrogen-bond acceptors (Lipinski definition) is 5. The Balaban J connectivity index is 1.66. The summed E-state index contributed by atoms with van der Waals surface area (Å²) >= 11 is 5.84. The molecule has 1 aliphatic heterocycles. The highest BCUT2D eigenvalue weighted by Gasteiger charge is 2.22. The number of nitrogens with zero attached hydrogens (tertiary/aromatic N) is 4. The number of aliphatic hydroxyl groups excluding tert-OH is 1. The third kappa shape index (κ3) is 5.34. The number of amides is 1. The molecule has 0 saturated carbocycles. The molecule has 1 atom stereocenters. The normalized spacial score (nSPS) is 15.5. The number of nitrogens with one attached hydrogen (secondary N) is 2. The fraction of sp³-hybridized carbons (Fsp3) is 0.400. The Hall–Kier alpha value is -2.89. The minimum atomic E-state index is -0.201. The van der Waals surface area contributed by atoms with Crippen molar-refractivity contribution in [1.82, 2.24) is 14.8 Å². The second kappa shape index (κ2) is 9.54. The minimum Gasteiger partial charge on any atom is -0.506 e. The number of aryl methyl sites for hydroxylation is 1. The lowest BCUT2D eigenvalue weighted by molar-refractivity contribution is -0.867. The lowest BCUT2D eigenvalue weighted by Crippen LogP contribution is -3.10. The lowest BCUT2D eigenvalue weighted by atomic mass is 10.2. The van der Waals surface area contributed by atoms with Crippen molar-refractivity contribution in [3.63, 3.8) is 0 Å². The molecule has 152 valence electrons. The van der Waals surface area contributed by atoms with Crippen LogP contribution >= 0.6 is 11.6 Å². The summed E-state index contributed by atoms with van der Waals surface area (Å²) in [7, 11) is 1.77. The zero-order chi connectivity index (χ0) is 20.8. The van der Waals surface area contributed by atoms with Gasteiger partial charge >= 0.3 is 0 Å². The highest BCUT2D eigenvalue weighted by Crippen LogP contribution is 2.20. The van der Waals surface area contributed by atoms with Gasteiger partial charge in [0, 0.05) is 23.7 Å². The topological polar surface area (TPSA) is 108 Å². The molecule has 1 amide bonds. The van der Waals surface area contributed by atoms with Crippen molar-refractivity contribution in [3.8, 4) is 6.07 Å². The molecule has 0 saturated heterocycles. The van der Waals surface area contributed by atoms with Gasteiger partial charge in [-0.1, -0.05) is 18.0 Å². The second-order valence-corrected chi connectivity index (χ2v) is 7.64. The van der Waals surface area contributed by atoms with E-state index in [0.717, 1.165) is 43.0 Å². The van der Waals surface area contributed by atoms with Crippen LogP contribution in [0, 0.1) is 11.3 Å². The molecule has 0 fully saturated rings. The quantitative estimate of drug-likeness (QED) is 0.490. The number of carbonyl (C=O) groups is 1. The van der Waals surface area contributed by atoms with E-state index in [1.54, 1.807) is 31.3 Å². The number of allylic oxidation sites excluding steroid dienone is 1. The lowest BCUT2D eigenvalue weighted by Gasteiger charge is -2.14. The molecule has 8 nitrogen and oxygen atoms in total. The van der Waals surface area contributed by atoms with E-state index in [2.05, 4.69) is 21.6 Å². The summed E-state index contributed by atoms with van der Waals surface area (Å²) in [5.41, 5.74) is 0.763. The van der Waals surface area contributed by atoms with Crippen LogP contribution in [0.5, 0.6) is 0 Å². The molecule has 0 spiro atoms. The molecule has 29 heavy (non-hydrogen) atoms. The number of nitriles is 1. The maximum absolute atomic E-state index is 12.2. The fourth-order valence-electron chi connectivity index (χ4n) is 3.36. The Morgan fingerprint density at radius 1 is 1.28 bits per heavy atom. The van der Waals surface area contributed by atoms with Crippen molar-refractivity contribution in [1.29, 1.82) is 5.26 Å². The predicted octanol–water partition coefficient (Wildman–Crippen LogP) is 1.60. The Labute approximate surface area is 174 Å². The van der Waals surface area contributed by atoms with Gasteiger partial charge in [-0.2, -0.15) is 5.26 Å². The number of benzene rings is 1. The minimum absolute atomic E-state index is 0.0938. The summed E-state index contributed by atoms with van der Waals surface area (Å²) in [5.74, 6) is 0.956.